The highest BCUT2D eigenvalue weighted by Gasteiger charge is 2.22. The van der Waals surface area contributed by atoms with Gasteiger partial charge in [0.1, 0.15) is 0 Å². The predicted octanol–water partition coefficient (Wildman–Crippen LogP) is 3.41. The predicted molar refractivity (Wildman–Crippen MR) is 80.1 cm³/mol. The molecule has 2 amide bonds. The molecule has 0 saturated carbocycles. The molecule has 2 N–H and O–H groups in total. The molecule has 0 radical (unpaired) electrons. The van der Waals surface area contributed by atoms with Crippen LogP contribution in [0.4, 0.5) is 10.5 Å². The van der Waals surface area contributed by atoms with E-state index in [4.69, 9.17) is 5.11 Å². The smallest absolute Gasteiger partial charge is 0.337 e. The lowest BCUT2D eigenvalue weighted by Gasteiger charge is -2.30. The second-order valence-electron chi connectivity index (χ2n) is 5.07. The molecule has 1 fully saturated rings. The molecular formula is C14H17BrN2O3. The summed E-state index contributed by atoms with van der Waals surface area (Å²) in [6.07, 6.45) is 1.96. The van der Waals surface area contributed by atoms with Crippen molar-refractivity contribution in [3.63, 3.8) is 0 Å². The first-order chi connectivity index (χ1) is 9.49. The fourth-order valence-electron chi connectivity index (χ4n) is 2.23. The van der Waals surface area contributed by atoms with Crippen LogP contribution in [-0.2, 0) is 0 Å². The molecule has 2 rings (SSSR count). The molecule has 1 aliphatic heterocycles. The van der Waals surface area contributed by atoms with Crippen molar-refractivity contribution in [3.8, 4) is 0 Å². The van der Waals surface area contributed by atoms with Gasteiger partial charge in [-0.05, 0) is 46.8 Å². The molecule has 0 aromatic heterocycles. The Morgan fingerprint density at radius 3 is 2.60 bits per heavy atom. The number of hydrogen-bond acceptors (Lipinski definition) is 2. The van der Waals surface area contributed by atoms with Crippen LogP contribution in [0.2, 0.25) is 0 Å². The lowest BCUT2D eigenvalue weighted by molar-refractivity contribution is 0.0698. The van der Waals surface area contributed by atoms with E-state index in [1.807, 2.05) is 0 Å². The Bertz CT molecular complexity index is 525. The molecule has 1 aromatic carbocycles. The van der Waals surface area contributed by atoms with Gasteiger partial charge >= 0.3 is 12.0 Å². The summed E-state index contributed by atoms with van der Waals surface area (Å²) in [6.45, 7) is 3.59. The number of para-hydroxylation sites is 1. The molecule has 6 heteroatoms. The van der Waals surface area contributed by atoms with Gasteiger partial charge in [-0.1, -0.05) is 13.0 Å². The van der Waals surface area contributed by atoms with E-state index in [1.165, 1.54) is 6.07 Å². The number of halogens is 1. The molecule has 1 heterocycles. The van der Waals surface area contributed by atoms with Gasteiger partial charge in [-0.3, -0.25) is 0 Å². The van der Waals surface area contributed by atoms with Gasteiger partial charge in [0.15, 0.2) is 0 Å². The number of piperidine rings is 1. The van der Waals surface area contributed by atoms with Crippen LogP contribution in [0.1, 0.15) is 30.1 Å². The SMILES string of the molecule is CC1CCN(C(=O)Nc2c(Br)cccc2C(=O)O)CC1. The molecule has 0 bridgehead atoms. The van der Waals surface area contributed by atoms with E-state index in [0.717, 1.165) is 12.8 Å². The molecule has 0 atom stereocenters. The standard InChI is InChI=1S/C14H17BrN2O3/c1-9-5-7-17(8-6-9)14(20)16-12-10(13(18)19)3-2-4-11(12)15/h2-4,9H,5-8H2,1H3,(H,16,20)(H,18,19). The third-order valence-corrected chi connectivity index (χ3v) is 4.21. The van der Waals surface area contributed by atoms with Crippen LogP contribution in [0, 0.1) is 5.92 Å². The largest absolute Gasteiger partial charge is 0.478 e. The van der Waals surface area contributed by atoms with Crippen LogP contribution in [0.25, 0.3) is 0 Å². The van der Waals surface area contributed by atoms with Crippen molar-refractivity contribution in [3.05, 3.63) is 28.2 Å². The third kappa shape index (κ3) is 3.30. The zero-order valence-electron chi connectivity index (χ0n) is 11.2. The Kier molecular flexibility index (Phi) is 4.65. The Morgan fingerprint density at radius 1 is 1.35 bits per heavy atom. The van der Waals surface area contributed by atoms with Crippen molar-refractivity contribution >= 4 is 33.6 Å². The minimum Gasteiger partial charge on any atom is -0.478 e. The van der Waals surface area contributed by atoms with Crippen molar-refractivity contribution in [1.82, 2.24) is 4.90 Å². The summed E-state index contributed by atoms with van der Waals surface area (Å²) in [7, 11) is 0. The number of carboxylic acid groups (broad SMARTS) is 1. The van der Waals surface area contributed by atoms with Crippen LogP contribution >= 0.6 is 15.9 Å². The second kappa shape index (κ2) is 6.26. The minimum absolute atomic E-state index is 0.0816. The number of carboxylic acids is 1. The average molecular weight is 341 g/mol. The molecule has 0 unspecified atom stereocenters. The van der Waals surface area contributed by atoms with Crippen molar-refractivity contribution < 1.29 is 14.7 Å². The average Bonchev–Trinajstić information content (AvgIpc) is 2.41. The number of rotatable bonds is 2. The molecule has 1 saturated heterocycles. The Balaban J connectivity index is 2.13. The topological polar surface area (TPSA) is 69.6 Å². The molecule has 0 spiro atoms. The van der Waals surface area contributed by atoms with Crippen molar-refractivity contribution in [2.24, 2.45) is 5.92 Å². The highest BCUT2D eigenvalue weighted by atomic mass is 79.9. The fourth-order valence-corrected chi connectivity index (χ4v) is 2.69. The van der Waals surface area contributed by atoms with Crippen LogP contribution in [0.5, 0.6) is 0 Å². The number of hydrogen-bond donors (Lipinski definition) is 2. The van der Waals surface area contributed by atoms with Gasteiger partial charge in [0, 0.05) is 17.6 Å². The van der Waals surface area contributed by atoms with E-state index in [9.17, 15) is 9.59 Å². The quantitative estimate of drug-likeness (QED) is 0.866. The molecule has 1 aliphatic rings. The summed E-state index contributed by atoms with van der Waals surface area (Å²) < 4.78 is 0.566. The summed E-state index contributed by atoms with van der Waals surface area (Å²) in [5.41, 5.74) is 0.390. The first kappa shape index (κ1) is 14.8. The summed E-state index contributed by atoms with van der Waals surface area (Å²) in [5.74, 6) is -0.425. The van der Waals surface area contributed by atoms with Crippen LogP contribution < -0.4 is 5.32 Å². The lowest BCUT2D eigenvalue weighted by Crippen LogP contribution is -2.40. The Morgan fingerprint density at radius 2 is 2.00 bits per heavy atom. The van der Waals surface area contributed by atoms with Crippen molar-refractivity contribution in [2.45, 2.75) is 19.8 Å². The van der Waals surface area contributed by atoms with Gasteiger partial charge in [0.05, 0.1) is 11.3 Å². The number of urea groups is 1. The Labute approximate surface area is 126 Å². The second-order valence-corrected chi connectivity index (χ2v) is 5.92. The minimum atomic E-state index is -1.06. The fraction of sp³-hybridized carbons (Fsp3) is 0.429. The van der Waals surface area contributed by atoms with Crippen LogP contribution in [0.3, 0.4) is 0 Å². The van der Waals surface area contributed by atoms with Gasteiger partial charge in [-0.15, -0.1) is 0 Å². The lowest BCUT2D eigenvalue weighted by atomic mass is 10.00. The number of carbonyl (C=O) groups excluding carboxylic acids is 1. The summed E-state index contributed by atoms with van der Waals surface area (Å²) in [4.78, 5) is 25.1. The van der Waals surface area contributed by atoms with Crippen LogP contribution in [-0.4, -0.2) is 35.1 Å². The first-order valence-corrected chi connectivity index (χ1v) is 7.36. The van der Waals surface area contributed by atoms with Gasteiger partial charge < -0.3 is 15.3 Å². The molecule has 20 heavy (non-hydrogen) atoms. The van der Waals surface area contributed by atoms with Gasteiger partial charge in [0.25, 0.3) is 0 Å². The van der Waals surface area contributed by atoms with Crippen molar-refractivity contribution in [1.29, 1.82) is 0 Å². The number of nitrogens with one attached hydrogen (secondary N) is 1. The van der Waals surface area contributed by atoms with E-state index < -0.39 is 5.97 Å². The Hall–Kier alpha value is -1.56. The van der Waals surface area contributed by atoms with E-state index in [0.29, 0.717) is 29.2 Å². The zero-order chi connectivity index (χ0) is 14.7. The normalized spacial score (nSPS) is 16.0. The number of anilines is 1. The number of carbonyl (C=O) groups is 2. The van der Waals surface area contributed by atoms with Crippen LogP contribution in [0.15, 0.2) is 22.7 Å². The van der Waals surface area contributed by atoms with E-state index in [1.54, 1.807) is 17.0 Å². The van der Waals surface area contributed by atoms with E-state index in [-0.39, 0.29) is 11.6 Å². The maximum Gasteiger partial charge on any atom is 0.337 e. The highest BCUT2D eigenvalue weighted by molar-refractivity contribution is 9.10. The van der Waals surface area contributed by atoms with E-state index >= 15 is 0 Å². The maximum atomic E-state index is 12.2. The molecule has 1 aromatic rings. The maximum absolute atomic E-state index is 12.2. The molecule has 5 nitrogen and oxygen atoms in total. The number of aromatic carboxylic acids is 1. The monoisotopic (exact) mass is 340 g/mol. The number of amides is 2. The summed E-state index contributed by atoms with van der Waals surface area (Å²) in [6, 6.07) is 4.57. The zero-order valence-corrected chi connectivity index (χ0v) is 12.8. The number of nitrogens with zero attached hydrogens (tertiary/aromatic N) is 1. The van der Waals surface area contributed by atoms with Gasteiger partial charge in [0.2, 0.25) is 0 Å². The number of likely N-dealkylation sites (tertiary alicyclic amines) is 1. The molecular weight excluding hydrogens is 324 g/mol. The highest BCUT2D eigenvalue weighted by Crippen LogP contribution is 2.27. The molecule has 0 aliphatic carbocycles. The van der Waals surface area contributed by atoms with E-state index in [2.05, 4.69) is 28.2 Å². The summed E-state index contributed by atoms with van der Waals surface area (Å²) in [5, 5.41) is 11.9. The first-order valence-electron chi connectivity index (χ1n) is 6.56. The van der Waals surface area contributed by atoms with Crippen molar-refractivity contribution in [2.75, 3.05) is 18.4 Å². The third-order valence-electron chi connectivity index (χ3n) is 3.55. The van der Waals surface area contributed by atoms with Gasteiger partial charge in [-0.25, -0.2) is 9.59 Å². The van der Waals surface area contributed by atoms with Gasteiger partial charge in [-0.2, -0.15) is 0 Å². The summed E-state index contributed by atoms with van der Waals surface area (Å²) >= 11 is 3.28. The number of benzene rings is 1. The molecule has 108 valence electrons.